The number of phosphoric acid groups is 2. The topological polar surface area (TPSA) is 237 Å². The second-order valence-corrected chi connectivity index (χ2v) is 28.3. The van der Waals surface area contributed by atoms with E-state index in [4.69, 9.17) is 37.0 Å². The highest BCUT2D eigenvalue weighted by Crippen LogP contribution is 2.45. The fraction of sp³-hybridized carbons (Fsp3) is 0.940. The van der Waals surface area contributed by atoms with Crippen LogP contribution in [-0.4, -0.2) is 96.7 Å². The molecule has 0 aliphatic heterocycles. The van der Waals surface area contributed by atoms with Crippen molar-refractivity contribution in [1.29, 1.82) is 0 Å². The zero-order valence-corrected chi connectivity index (χ0v) is 57.6. The van der Waals surface area contributed by atoms with Crippen molar-refractivity contribution in [3.8, 4) is 0 Å². The molecule has 0 fully saturated rings. The van der Waals surface area contributed by atoms with Gasteiger partial charge in [-0.15, -0.1) is 0 Å². The fourth-order valence-electron chi connectivity index (χ4n) is 9.98. The SMILES string of the molecule is CCCCCCCC(=O)OC[C@H](COP(=O)(O)OC[C@H](O)COP(=O)(O)OC[C@@H](COC(=O)CCCCCCCCCCCC(C)C)OC(=O)CCCCCCCCCCCCCCCCC(C)CC)OC(=O)CCCCCCCCCCC(C)C. The van der Waals surface area contributed by atoms with Crippen LogP contribution in [0.15, 0.2) is 0 Å². The van der Waals surface area contributed by atoms with Gasteiger partial charge in [-0.3, -0.25) is 37.3 Å². The van der Waals surface area contributed by atoms with Gasteiger partial charge in [-0.05, 0) is 43.4 Å². The Bertz CT molecular complexity index is 1700. The minimum Gasteiger partial charge on any atom is -0.462 e. The lowest BCUT2D eigenvalue weighted by Crippen LogP contribution is -2.30. The molecule has 0 aromatic heterocycles. The Morgan fingerprint density at radius 3 is 0.884 bits per heavy atom. The number of carbonyl (C=O) groups excluding carboxylic acids is 4. The first-order valence-corrected chi connectivity index (χ1v) is 37.9. The molecule has 0 bridgehead atoms. The van der Waals surface area contributed by atoms with E-state index in [-0.39, 0.29) is 25.7 Å². The van der Waals surface area contributed by atoms with Crippen molar-refractivity contribution in [2.24, 2.45) is 17.8 Å². The fourth-order valence-corrected chi connectivity index (χ4v) is 11.6. The molecule has 86 heavy (non-hydrogen) atoms. The number of ether oxygens (including phenoxy) is 4. The Labute approximate surface area is 524 Å². The summed E-state index contributed by atoms with van der Waals surface area (Å²) < 4.78 is 67.9. The van der Waals surface area contributed by atoms with Crippen LogP contribution in [0.2, 0.25) is 0 Å². The number of phosphoric ester groups is 2. The smallest absolute Gasteiger partial charge is 0.462 e. The van der Waals surface area contributed by atoms with Crippen LogP contribution in [0.5, 0.6) is 0 Å². The third-order valence-electron chi connectivity index (χ3n) is 15.7. The maximum atomic E-state index is 13.0. The molecule has 0 aromatic carbocycles. The Morgan fingerprint density at radius 1 is 0.337 bits per heavy atom. The van der Waals surface area contributed by atoms with Gasteiger partial charge < -0.3 is 33.8 Å². The molecule has 0 spiro atoms. The van der Waals surface area contributed by atoms with Gasteiger partial charge in [-0.1, -0.05) is 280 Å². The molecule has 19 heteroatoms. The highest BCUT2D eigenvalue weighted by atomic mass is 31.2. The minimum atomic E-state index is -4.95. The van der Waals surface area contributed by atoms with E-state index in [1.165, 1.54) is 135 Å². The molecule has 0 radical (unpaired) electrons. The van der Waals surface area contributed by atoms with Crippen LogP contribution in [-0.2, 0) is 65.4 Å². The molecule has 510 valence electrons. The molecule has 0 aliphatic rings. The Balaban J connectivity index is 5.16. The van der Waals surface area contributed by atoms with Gasteiger partial charge in [-0.2, -0.15) is 0 Å². The number of aliphatic hydroxyl groups is 1. The second kappa shape index (κ2) is 58.2. The van der Waals surface area contributed by atoms with Gasteiger partial charge in [0.15, 0.2) is 12.2 Å². The number of esters is 4. The summed E-state index contributed by atoms with van der Waals surface area (Å²) in [4.78, 5) is 72.1. The van der Waals surface area contributed by atoms with E-state index in [1.807, 2.05) is 0 Å². The van der Waals surface area contributed by atoms with Crippen molar-refractivity contribution in [2.45, 2.75) is 349 Å². The van der Waals surface area contributed by atoms with Gasteiger partial charge in [-0.25, -0.2) is 9.13 Å². The van der Waals surface area contributed by atoms with Crippen molar-refractivity contribution in [3.63, 3.8) is 0 Å². The highest BCUT2D eigenvalue weighted by Gasteiger charge is 2.30. The quantitative estimate of drug-likeness (QED) is 0.0222. The summed E-state index contributed by atoms with van der Waals surface area (Å²) in [7, 11) is -9.89. The van der Waals surface area contributed by atoms with E-state index in [2.05, 4.69) is 48.5 Å². The number of hydrogen-bond donors (Lipinski definition) is 3. The third-order valence-corrected chi connectivity index (χ3v) is 17.6. The third kappa shape index (κ3) is 59.7. The molecule has 0 aliphatic carbocycles. The predicted octanol–water partition coefficient (Wildman–Crippen LogP) is 18.7. The summed E-state index contributed by atoms with van der Waals surface area (Å²) in [6.45, 7) is 11.7. The first kappa shape index (κ1) is 84.1. The highest BCUT2D eigenvalue weighted by molar-refractivity contribution is 7.47. The molecular formula is C67H130O17P2. The largest absolute Gasteiger partial charge is 0.472 e. The van der Waals surface area contributed by atoms with Gasteiger partial charge >= 0.3 is 39.5 Å². The minimum absolute atomic E-state index is 0.103. The second-order valence-electron chi connectivity index (χ2n) is 25.4. The molecule has 17 nitrogen and oxygen atoms in total. The number of unbranched alkanes of at least 4 members (excludes halogenated alkanes) is 32. The molecule has 0 heterocycles. The molecule has 3 unspecified atom stereocenters. The summed E-state index contributed by atoms with van der Waals surface area (Å²) in [5.74, 6) is 0.165. The zero-order valence-electron chi connectivity index (χ0n) is 55.8. The van der Waals surface area contributed by atoms with E-state index in [0.29, 0.717) is 25.7 Å². The molecule has 0 rings (SSSR count). The van der Waals surface area contributed by atoms with Gasteiger partial charge in [0.25, 0.3) is 0 Å². The average Bonchev–Trinajstić information content (AvgIpc) is 3.64. The van der Waals surface area contributed by atoms with Crippen LogP contribution >= 0.6 is 15.6 Å². The number of carbonyl (C=O) groups is 4. The molecule has 0 aromatic rings. The Kier molecular flexibility index (Phi) is 56.9. The van der Waals surface area contributed by atoms with Gasteiger partial charge in [0.2, 0.25) is 0 Å². The van der Waals surface area contributed by atoms with Crippen LogP contribution in [0.4, 0.5) is 0 Å². The lowest BCUT2D eigenvalue weighted by atomic mass is 9.99. The first-order chi connectivity index (χ1) is 41.3. The van der Waals surface area contributed by atoms with Crippen molar-refractivity contribution in [2.75, 3.05) is 39.6 Å². The van der Waals surface area contributed by atoms with E-state index in [0.717, 1.165) is 114 Å². The van der Waals surface area contributed by atoms with Crippen LogP contribution in [0, 0.1) is 17.8 Å². The molecule has 6 atom stereocenters. The Morgan fingerprint density at radius 2 is 0.593 bits per heavy atom. The molecule has 0 amide bonds. The standard InChI is InChI=1S/C67H130O17P2/c1-8-10-11-31-41-48-64(69)77-54-62(83-67(72)51-44-37-30-24-23-26-33-39-46-59(5)6)56-81-85(73,74)79-52-61(68)53-80-86(75,76)82-57-63(55-78-65(70)49-42-35-28-22-18-19-25-32-38-45-58(3)4)84-66(71)50-43-36-29-21-17-15-13-12-14-16-20-27-34-40-47-60(7)9-2/h58-63,68H,8-57H2,1-7H3,(H,73,74)(H,75,76)/t60?,61-,62+,63+/m0/s1. The van der Waals surface area contributed by atoms with Crippen LogP contribution in [0.1, 0.15) is 331 Å². The van der Waals surface area contributed by atoms with E-state index in [1.54, 1.807) is 0 Å². The lowest BCUT2D eigenvalue weighted by molar-refractivity contribution is -0.161. The van der Waals surface area contributed by atoms with E-state index >= 15 is 0 Å². The number of hydrogen-bond acceptors (Lipinski definition) is 15. The summed E-state index contributed by atoms with van der Waals surface area (Å²) >= 11 is 0. The van der Waals surface area contributed by atoms with Gasteiger partial charge in [0, 0.05) is 25.7 Å². The van der Waals surface area contributed by atoms with Crippen molar-refractivity contribution in [1.82, 2.24) is 0 Å². The first-order valence-electron chi connectivity index (χ1n) is 34.9. The maximum absolute atomic E-state index is 13.0. The van der Waals surface area contributed by atoms with Crippen LogP contribution in [0.25, 0.3) is 0 Å². The summed E-state index contributed by atoms with van der Waals surface area (Å²) in [5.41, 5.74) is 0. The van der Waals surface area contributed by atoms with E-state index < -0.39 is 97.5 Å². The van der Waals surface area contributed by atoms with E-state index in [9.17, 15) is 43.2 Å². The summed E-state index contributed by atoms with van der Waals surface area (Å²) in [5, 5.41) is 10.5. The number of aliphatic hydroxyl groups excluding tert-OH is 1. The zero-order chi connectivity index (χ0) is 63.8. The van der Waals surface area contributed by atoms with Crippen LogP contribution in [0.3, 0.4) is 0 Å². The molecule has 0 saturated heterocycles. The molecule has 0 saturated carbocycles. The predicted molar refractivity (Wildman–Crippen MR) is 344 cm³/mol. The van der Waals surface area contributed by atoms with Crippen LogP contribution < -0.4 is 0 Å². The molecular weight excluding hydrogens is 1140 g/mol. The van der Waals surface area contributed by atoms with Crippen molar-refractivity contribution < 1.29 is 80.2 Å². The summed E-state index contributed by atoms with van der Waals surface area (Å²) in [6.07, 6.45) is 40.7. The maximum Gasteiger partial charge on any atom is 0.472 e. The lowest BCUT2D eigenvalue weighted by Gasteiger charge is -2.21. The van der Waals surface area contributed by atoms with Gasteiger partial charge in [0.05, 0.1) is 26.4 Å². The normalized spacial score (nSPS) is 14.6. The van der Waals surface area contributed by atoms with Gasteiger partial charge in [0.1, 0.15) is 19.3 Å². The average molecular weight is 1270 g/mol. The monoisotopic (exact) mass is 1270 g/mol. The Hall–Kier alpha value is -1.94. The number of rotatable bonds is 65. The van der Waals surface area contributed by atoms with Crippen molar-refractivity contribution in [3.05, 3.63) is 0 Å². The van der Waals surface area contributed by atoms with Crippen molar-refractivity contribution >= 4 is 39.5 Å². The molecule has 3 N–H and O–H groups in total. The summed E-state index contributed by atoms with van der Waals surface area (Å²) in [6, 6.07) is 0.